The van der Waals surface area contributed by atoms with Crippen molar-refractivity contribution >= 4 is 17.4 Å². The smallest absolute Gasteiger partial charge is 0.153 e. The second-order valence-corrected chi connectivity index (χ2v) is 5.80. The zero-order valence-corrected chi connectivity index (χ0v) is 12.3. The fourth-order valence-corrected chi connectivity index (χ4v) is 2.53. The zero-order chi connectivity index (χ0) is 14.8. The summed E-state index contributed by atoms with van der Waals surface area (Å²) in [5.41, 5.74) is 1.95. The Kier molecular flexibility index (Phi) is 3.68. The first-order valence-corrected chi connectivity index (χ1v) is 7.28. The van der Waals surface area contributed by atoms with Crippen LogP contribution in [0.3, 0.4) is 0 Å². The number of hydrogen-bond acceptors (Lipinski definition) is 5. The predicted octanol–water partition coefficient (Wildman–Crippen LogP) is 2.90. The first-order valence-electron chi connectivity index (χ1n) is 7.28. The van der Waals surface area contributed by atoms with Gasteiger partial charge in [0.05, 0.1) is 11.9 Å². The minimum absolute atomic E-state index is 0.206. The van der Waals surface area contributed by atoms with Gasteiger partial charge in [0.1, 0.15) is 11.6 Å². The van der Waals surface area contributed by atoms with E-state index in [0.29, 0.717) is 30.4 Å². The highest BCUT2D eigenvalue weighted by molar-refractivity contribution is 5.81. The Hall–Kier alpha value is -2.24. The van der Waals surface area contributed by atoms with Gasteiger partial charge < -0.3 is 5.32 Å². The van der Waals surface area contributed by atoms with E-state index in [2.05, 4.69) is 39.3 Å². The van der Waals surface area contributed by atoms with Crippen molar-refractivity contribution in [2.75, 3.05) is 5.32 Å². The minimum Gasteiger partial charge on any atom is -0.322 e. The lowest BCUT2D eigenvalue weighted by Gasteiger charge is -2.09. The van der Waals surface area contributed by atoms with E-state index in [-0.39, 0.29) is 5.92 Å². The number of nitrogens with one attached hydrogen (secondary N) is 2. The Morgan fingerprint density at radius 1 is 1.33 bits per heavy atom. The van der Waals surface area contributed by atoms with Gasteiger partial charge in [0.25, 0.3) is 0 Å². The first-order chi connectivity index (χ1) is 10.1. The molecule has 1 atom stereocenters. The number of H-pyrrole nitrogens is 1. The van der Waals surface area contributed by atoms with E-state index < -0.39 is 0 Å². The number of Topliss-reactive ketones (excluding diaryl/α,β-unsaturated/α-hetero) is 1. The molecule has 0 radical (unpaired) electrons. The van der Waals surface area contributed by atoms with E-state index in [9.17, 15) is 4.79 Å². The van der Waals surface area contributed by atoms with Gasteiger partial charge in [-0.2, -0.15) is 5.10 Å². The molecule has 2 N–H and O–H groups in total. The number of nitrogens with zero attached hydrogens (tertiary/aromatic N) is 3. The van der Waals surface area contributed by atoms with Crippen LogP contribution in [0.1, 0.15) is 56.3 Å². The summed E-state index contributed by atoms with van der Waals surface area (Å²) in [6, 6.07) is 1.97. The van der Waals surface area contributed by atoms with Crippen molar-refractivity contribution in [2.24, 2.45) is 0 Å². The van der Waals surface area contributed by atoms with Crippen molar-refractivity contribution in [3.63, 3.8) is 0 Å². The molecule has 0 amide bonds. The maximum Gasteiger partial charge on any atom is 0.153 e. The summed E-state index contributed by atoms with van der Waals surface area (Å²) in [7, 11) is 0. The molecule has 1 aliphatic carbocycles. The normalized spacial score (nSPS) is 18.4. The fraction of sp³-hybridized carbons (Fsp3) is 0.467. The van der Waals surface area contributed by atoms with E-state index in [4.69, 9.17) is 0 Å². The largest absolute Gasteiger partial charge is 0.322 e. The lowest BCUT2D eigenvalue weighted by molar-refractivity contribution is -0.117. The number of aromatic amines is 1. The second kappa shape index (κ2) is 5.63. The lowest BCUT2D eigenvalue weighted by atomic mass is 10.1. The molecule has 6 heteroatoms. The van der Waals surface area contributed by atoms with Gasteiger partial charge in [0.2, 0.25) is 0 Å². The SMILES string of the molecule is CC(C)c1cc(Nc2cncc(C3CCC(=O)C3)n2)n[nH]1. The molecular formula is C15H19N5O. The standard InChI is InChI=1S/C15H19N5O/c1-9(2)12-6-14(20-19-12)18-15-8-16-7-13(17-15)10-3-4-11(21)5-10/h6-10H,3-5H2,1-2H3,(H2,17,18,19,20). The average Bonchev–Trinajstić information content (AvgIpc) is 3.08. The van der Waals surface area contributed by atoms with Crippen LogP contribution >= 0.6 is 0 Å². The Morgan fingerprint density at radius 3 is 2.86 bits per heavy atom. The summed E-state index contributed by atoms with van der Waals surface area (Å²) < 4.78 is 0. The van der Waals surface area contributed by atoms with Gasteiger partial charge in [-0.15, -0.1) is 0 Å². The number of rotatable bonds is 4. The van der Waals surface area contributed by atoms with Crippen LogP contribution in [0.25, 0.3) is 0 Å². The summed E-state index contributed by atoms with van der Waals surface area (Å²) in [5.74, 6) is 2.31. The molecule has 2 heterocycles. The average molecular weight is 285 g/mol. The third-order valence-electron chi connectivity index (χ3n) is 3.79. The monoisotopic (exact) mass is 285 g/mol. The van der Waals surface area contributed by atoms with Gasteiger partial charge in [0, 0.05) is 36.7 Å². The number of carbonyl (C=O) groups is 1. The quantitative estimate of drug-likeness (QED) is 0.902. The molecule has 0 aromatic carbocycles. The molecule has 1 fully saturated rings. The highest BCUT2D eigenvalue weighted by Crippen LogP contribution is 2.31. The lowest BCUT2D eigenvalue weighted by Crippen LogP contribution is -2.02. The van der Waals surface area contributed by atoms with E-state index in [0.717, 1.165) is 23.6 Å². The molecule has 0 spiro atoms. The summed E-state index contributed by atoms with van der Waals surface area (Å²) in [4.78, 5) is 20.2. The molecule has 21 heavy (non-hydrogen) atoms. The molecule has 3 rings (SSSR count). The number of carbonyl (C=O) groups excluding carboxylic acids is 1. The van der Waals surface area contributed by atoms with Crippen LogP contribution in [0.4, 0.5) is 11.6 Å². The van der Waals surface area contributed by atoms with Crippen molar-refractivity contribution < 1.29 is 4.79 Å². The van der Waals surface area contributed by atoms with Crippen LogP contribution in [-0.4, -0.2) is 25.9 Å². The van der Waals surface area contributed by atoms with Gasteiger partial charge in [-0.25, -0.2) is 4.98 Å². The molecule has 0 bridgehead atoms. The van der Waals surface area contributed by atoms with Gasteiger partial charge >= 0.3 is 0 Å². The molecule has 110 valence electrons. The van der Waals surface area contributed by atoms with Crippen molar-refractivity contribution in [1.82, 2.24) is 20.2 Å². The van der Waals surface area contributed by atoms with E-state index in [1.54, 1.807) is 12.4 Å². The van der Waals surface area contributed by atoms with Crippen LogP contribution in [0, 0.1) is 0 Å². The first kappa shape index (κ1) is 13.7. The Labute approximate surface area is 123 Å². The Morgan fingerprint density at radius 2 is 2.19 bits per heavy atom. The van der Waals surface area contributed by atoms with E-state index in [1.807, 2.05) is 6.07 Å². The minimum atomic E-state index is 0.206. The van der Waals surface area contributed by atoms with Crippen LogP contribution < -0.4 is 5.32 Å². The Bertz CT molecular complexity index is 649. The van der Waals surface area contributed by atoms with Crippen molar-refractivity contribution in [2.45, 2.75) is 44.9 Å². The topological polar surface area (TPSA) is 83.6 Å². The van der Waals surface area contributed by atoms with Crippen molar-refractivity contribution in [3.05, 3.63) is 29.8 Å². The molecule has 0 saturated heterocycles. The number of hydrogen-bond donors (Lipinski definition) is 2. The molecule has 2 aromatic rings. The third kappa shape index (κ3) is 3.09. The molecular weight excluding hydrogens is 266 g/mol. The third-order valence-corrected chi connectivity index (χ3v) is 3.79. The molecule has 1 aliphatic rings. The zero-order valence-electron chi connectivity index (χ0n) is 12.3. The highest BCUT2D eigenvalue weighted by atomic mass is 16.1. The maximum atomic E-state index is 11.4. The fourth-order valence-electron chi connectivity index (χ4n) is 2.53. The van der Waals surface area contributed by atoms with Gasteiger partial charge in [-0.1, -0.05) is 13.8 Å². The molecule has 6 nitrogen and oxygen atoms in total. The van der Waals surface area contributed by atoms with Crippen LogP contribution in [0.15, 0.2) is 18.5 Å². The van der Waals surface area contributed by atoms with E-state index >= 15 is 0 Å². The van der Waals surface area contributed by atoms with Crippen LogP contribution in [-0.2, 0) is 4.79 Å². The Balaban J connectivity index is 1.74. The van der Waals surface area contributed by atoms with E-state index in [1.165, 1.54) is 0 Å². The number of ketones is 1. The van der Waals surface area contributed by atoms with Crippen molar-refractivity contribution in [3.8, 4) is 0 Å². The van der Waals surface area contributed by atoms with Crippen LogP contribution in [0.5, 0.6) is 0 Å². The summed E-state index contributed by atoms with van der Waals surface area (Å²) in [5, 5.41) is 10.4. The van der Waals surface area contributed by atoms with Gasteiger partial charge in [-0.05, 0) is 12.3 Å². The molecule has 2 aromatic heterocycles. The van der Waals surface area contributed by atoms with Gasteiger partial charge in [-0.3, -0.25) is 14.9 Å². The van der Waals surface area contributed by atoms with Gasteiger partial charge in [0.15, 0.2) is 5.82 Å². The molecule has 1 saturated carbocycles. The second-order valence-electron chi connectivity index (χ2n) is 5.80. The number of anilines is 2. The number of aromatic nitrogens is 4. The summed E-state index contributed by atoms with van der Waals surface area (Å²) >= 11 is 0. The molecule has 0 aliphatic heterocycles. The summed E-state index contributed by atoms with van der Waals surface area (Å²) in [6.07, 6.45) is 5.53. The maximum absolute atomic E-state index is 11.4. The predicted molar refractivity (Wildman–Crippen MR) is 79.6 cm³/mol. The molecule has 1 unspecified atom stereocenters. The summed E-state index contributed by atoms with van der Waals surface area (Å²) in [6.45, 7) is 4.21. The van der Waals surface area contributed by atoms with Crippen LogP contribution in [0.2, 0.25) is 0 Å². The van der Waals surface area contributed by atoms with Crippen molar-refractivity contribution in [1.29, 1.82) is 0 Å². The highest BCUT2D eigenvalue weighted by Gasteiger charge is 2.25.